The van der Waals surface area contributed by atoms with Gasteiger partial charge in [0.2, 0.25) is 0 Å². The van der Waals surface area contributed by atoms with Gasteiger partial charge in [0.1, 0.15) is 11.6 Å². The summed E-state index contributed by atoms with van der Waals surface area (Å²) in [4.78, 5) is 36.5. The smallest absolute Gasteiger partial charge is 0.299 e. The number of Topliss-reactive ketones (excluding diaryl/α,β-unsaturated/α-hetero) is 1. The zero-order chi connectivity index (χ0) is 16.3. The van der Waals surface area contributed by atoms with Crippen LogP contribution in [-0.2, 0) is 13.1 Å². The van der Waals surface area contributed by atoms with Gasteiger partial charge < -0.3 is 0 Å². The van der Waals surface area contributed by atoms with E-state index in [1.807, 2.05) is 0 Å². The number of rotatable bonds is 4. The van der Waals surface area contributed by atoms with E-state index in [0.717, 1.165) is 8.14 Å². The predicted octanol–water partition coefficient (Wildman–Crippen LogP) is 1.39. The molecule has 0 aliphatic carbocycles. The maximum Gasteiger partial charge on any atom is 0.331 e. The van der Waals surface area contributed by atoms with Gasteiger partial charge in [0.25, 0.3) is 5.56 Å². The van der Waals surface area contributed by atoms with Crippen LogP contribution in [0.15, 0.2) is 40.1 Å². The highest BCUT2D eigenvalue weighted by atomic mass is 127. The highest BCUT2D eigenvalue weighted by Gasteiger charge is 2.14. The van der Waals surface area contributed by atoms with Crippen molar-refractivity contribution in [1.82, 2.24) is 9.13 Å². The molecule has 0 spiro atoms. The Balaban J connectivity index is 2.47. The van der Waals surface area contributed by atoms with Crippen LogP contribution >= 0.6 is 22.6 Å². The number of ketones is 1. The second-order valence-corrected chi connectivity index (χ2v) is 5.79. The third kappa shape index (κ3) is 3.17. The number of aromatic nitrogens is 2. The monoisotopic (exact) mass is 409 g/mol. The van der Waals surface area contributed by atoms with E-state index in [0.29, 0.717) is 12.1 Å². The summed E-state index contributed by atoms with van der Waals surface area (Å²) in [5.41, 5.74) is -1.07. The topological polar surface area (TPSA) is 84.9 Å². The molecule has 0 unspecified atom stereocenters. The van der Waals surface area contributed by atoms with Crippen LogP contribution in [-0.4, -0.2) is 14.9 Å². The maximum atomic E-state index is 12.2. The molecule has 6 nitrogen and oxygen atoms in total. The van der Waals surface area contributed by atoms with Crippen LogP contribution in [0.4, 0.5) is 0 Å². The van der Waals surface area contributed by atoms with Gasteiger partial charge in [0, 0.05) is 21.9 Å². The van der Waals surface area contributed by atoms with Gasteiger partial charge in [-0.2, -0.15) is 5.26 Å². The number of nitrogens with zero attached hydrogens (tertiary/aromatic N) is 3. The Morgan fingerprint density at radius 3 is 2.45 bits per heavy atom. The summed E-state index contributed by atoms with van der Waals surface area (Å²) in [6.07, 6.45) is 1.22. The summed E-state index contributed by atoms with van der Waals surface area (Å²) in [6, 6.07) is 8.57. The van der Waals surface area contributed by atoms with E-state index < -0.39 is 11.2 Å². The Morgan fingerprint density at radius 2 is 1.91 bits per heavy atom. The molecule has 2 rings (SSSR count). The first-order chi connectivity index (χ1) is 10.5. The molecule has 0 bridgehead atoms. The van der Waals surface area contributed by atoms with Gasteiger partial charge in [-0.05, 0) is 41.6 Å². The van der Waals surface area contributed by atoms with Crippen molar-refractivity contribution in [3.63, 3.8) is 0 Å². The standard InChI is InChI=1S/C15H12IN3O3/c1-2-18-8-11(7-17)14(21)19(15(18)22)9-13(20)10-3-5-12(16)6-4-10/h3-6,8H,2,9H2,1H3. The zero-order valence-electron chi connectivity index (χ0n) is 11.7. The lowest BCUT2D eigenvalue weighted by molar-refractivity contribution is 0.0968. The average molecular weight is 409 g/mol. The molecule has 0 fully saturated rings. The first kappa shape index (κ1) is 16.2. The molecule has 0 N–H and O–H groups in total. The fourth-order valence-electron chi connectivity index (χ4n) is 1.97. The Kier molecular flexibility index (Phi) is 4.92. The van der Waals surface area contributed by atoms with Crippen LogP contribution in [0.1, 0.15) is 22.8 Å². The largest absolute Gasteiger partial charge is 0.331 e. The van der Waals surface area contributed by atoms with Crippen molar-refractivity contribution < 1.29 is 4.79 Å². The van der Waals surface area contributed by atoms with E-state index in [2.05, 4.69) is 22.6 Å². The molecule has 0 aliphatic rings. The van der Waals surface area contributed by atoms with Crippen LogP contribution in [0, 0.1) is 14.9 Å². The lowest BCUT2D eigenvalue weighted by Crippen LogP contribution is -2.42. The zero-order valence-corrected chi connectivity index (χ0v) is 13.9. The second-order valence-electron chi connectivity index (χ2n) is 4.54. The Hall–Kier alpha value is -2.21. The molecule has 0 amide bonds. The average Bonchev–Trinajstić information content (AvgIpc) is 2.52. The predicted molar refractivity (Wildman–Crippen MR) is 88.8 cm³/mol. The van der Waals surface area contributed by atoms with Gasteiger partial charge in [-0.15, -0.1) is 0 Å². The van der Waals surface area contributed by atoms with Crippen molar-refractivity contribution in [3.05, 3.63) is 66.0 Å². The minimum atomic E-state index is -0.740. The molecular weight excluding hydrogens is 397 g/mol. The van der Waals surface area contributed by atoms with Gasteiger partial charge in [-0.1, -0.05) is 12.1 Å². The van der Waals surface area contributed by atoms with Gasteiger partial charge >= 0.3 is 5.69 Å². The lowest BCUT2D eigenvalue weighted by atomic mass is 10.1. The van der Waals surface area contributed by atoms with Crippen LogP contribution in [0.3, 0.4) is 0 Å². The summed E-state index contributed by atoms with van der Waals surface area (Å²) in [5, 5.41) is 8.97. The number of benzene rings is 1. The minimum absolute atomic E-state index is 0.156. The number of carbonyl (C=O) groups is 1. The normalized spacial score (nSPS) is 10.2. The molecule has 7 heteroatoms. The summed E-state index contributed by atoms with van der Waals surface area (Å²) < 4.78 is 3.02. The third-order valence-corrected chi connectivity index (χ3v) is 3.89. The molecule has 0 saturated carbocycles. The van der Waals surface area contributed by atoms with Gasteiger partial charge in [0.15, 0.2) is 5.78 Å². The van der Waals surface area contributed by atoms with Crippen LogP contribution in [0.2, 0.25) is 0 Å². The molecule has 1 aromatic heterocycles. The summed E-state index contributed by atoms with van der Waals surface area (Å²) in [6.45, 7) is 1.65. The van der Waals surface area contributed by atoms with Crippen molar-refractivity contribution in [2.75, 3.05) is 0 Å². The van der Waals surface area contributed by atoms with Crippen molar-refractivity contribution in [3.8, 4) is 6.07 Å². The highest BCUT2D eigenvalue weighted by molar-refractivity contribution is 14.1. The number of hydrogen-bond acceptors (Lipinski definition) is 4. The molecule has 0 radical (unpaired) electrons. The second kappa shape index (κ2) is 6.70. The number of carbonyl (C=O) groups excluding carboxylic acids is 1. The molecule has 0 atom stereocenters. The van der Waals surface area contributed by atoms with Gasteiger partial charge in [-0.25, -0.2) is 4.79 Å². The van der Waals surface area contributed by atoms with E-state index in [4.69, 9.17) is 5.26 Å². The van der Waals surface area contributed by atoms with Gasteiger partial charge in [-0.3, -0.25) is 18.7 Å². The molecule has 1 heterocycles. The van der Waals surface area contributed by atoms with Crippen molar-refractivity contribution in [2.45, 2.75) is 20.0 Å². The van der Waals surface area contributed by atoms with Gasteiger partial charge in [0.05, 0.1) is 6.54 Å². The van der Waals surface area contributed by atoms with Crippen molar-refractivity contribution >= 4 is 28.4 Å². The summed E-state index contributed by atoms with van der Waals surface area (Å²) >= 11 is 2.12. The number of aryl methyl sites for hydroxylation is 1. The van der Waals surface area contributed by atoms with Crippen molar-refractivity contribution in [1.29, 1.82) is 5.26 Å². The van der Waals surface area contributed by atoms with E-state index in [1.54, 1.807) is 37.3 Å². The molecular formula is C15H12IN3O3. The van der Waals surface area contributed by atoms with E-state index >= 15 is 0 Å². The van der Waals surface area contributed by atoms with Crippen molar-refractivity contribution in [2.24, 2.45) is 0 Å². The Bertz CT molecular complexity index is 873. The van der Waals surface area contributed by atoms with E-state index in [9.17, 15) is 14.4 Å². The number of nitriles is 1. The lowest BCUT2D eigenvalue weighted by Gasteiger charge is -2.09. The minimum Gasteiger partial charge on any atom is -0.299 e. The first-order valence-corrected chi connectivity index (χ1v) is 7.59. The summed E-state index contributed by atoms with van der Waals surface area (Å²) in [7, 11) is 0. The quantitative estimate of drug-likeness (QED) is 0.565. The fraction of sp³-hybridized carbons (Fsp3) is 0.200. The molecule has 112 valence electrons. The molecule has 2 aromatic rings. The van der Waals surface area contributed by atoms with Crippen LogP contribution in [0.5, 0.6) is 0 Å². The first-order valence-electron chi connectivity index (χ1n) is 6.51. The number of hydrogen-bond donors (Lipinski definition) is 0. The van der Waals surface area contributed by atoms with E-state index in [-0.39, 0.29) is 17.9 Å². The highest BCUT2D eigenvalue weighted by Crippen LogP contribution is 2.07. The molecule has 0 aliphatic heterocycles. The van der Waals surface area contributed by atoms with Crippen LogP contribution < -0.4 is 11.2 Å². The fourth-order valence-corrected chi connectivity index (χ4v) is 2.33. The maximum absolute atomic E-state index is 12.2. The third-order valence-electron chi connectivity index (χ3n) is 3.17. The molecule has 0 saturated heterocycles. The Labute approximate surface area is 139 Å². The molecule has 1 aromatic carbocycles. The SMILES string of the molecule is CCn1cc(C#N)c(=O)n(CC(=O)c2ccc(I)cc2)c1=O. The summed E-state index contributed by atoms with van der Waals surface area (Å²) in [5.74, 6) is -0.353. The molecule has 22 heavy (non-hydrogen) atoms. The van der Waals surface area contributed by atoms with Crippen LogP contribution in [0.25, 0.3) is 0 Å². The number of halogens is 1. The Morgan fingerprint density at radius 1 is 1.27 bits per heavy atom. The van der Waals surface area contributed by atoms with E-state index in [1.165, 1.54) is 10.8 Å².